The molecule has 0 bridgehead atoms. The van der Waals surface area contributed by atoms with Gasteiger partial charge in [0.15, 0.2) is 5.82 Å². The van der Waals surface area contributed by atoms with Crippen LogP contribution in [0.2, 0.25) is 5.02 Å². The lowest BCUT2D eigenvalue weighted by Crippen LogP contribution is -2.01. The summed E-state index contributed by atoms with van der Waals surface area (Å²) in [6, 6.07) is 7.61. The summed E-state index contributed by atoms with van der Waals surface area (Å²) in [5, 5.41) is 3.83. The number of hydrogen-bond donors (Lipinski definition) is 2. The Morgan fingerprint density at radius 3 is 2.71 bits per heavy atom. The van der Waals surface area contributed by atoms with E-state index in [0.717, 1.165) is 16.8 Å². The SMILES string of the molecule is Cc1cnc(Nc2c(C)cccc2Cl)c(N)c1. The number of pyridine rings is 1. The van der Waals surface area contributed by atoms with Gasteiger partial charge in [0.05, 0.1) is 16.4 Å². The van der Waals surface area contributed by atoms with Gasteiger partial charge in [0.2, 0.25) is 0 Å². The monoisotopic (exact) mass is 247 g/mol. The first-order valence-corrected chi connectivity index (χ1v) is 5.70. The molecule has 1 aromatic carbocycles. The van der Waals surface area contributed by atoms with Gasteiger partial charge in [-0.05, 0) is 37.1 Å². The Morgan fingerprint density at radius 1 is 1.29 bits per heavy atom. The van der Waals surface area contributed by atoms with Crippen LogP contribution in [0.15, 0.2) is 30.5 Å². The molecule has 0 aliphatic heterocycles. The number of nitrogens with zero attached hydrogens (tertiary/aromatic N) is 1. The number of aryl methyl sites for hydroxylation is 2. The number of nitrogens with two attached hydrogens (primary N) is 1. The highest BCUT2D eigenvalue weighted by Gasteiger charge is 2.07. The zero-order valence-corrected chi connectivity index (χ0v) is 10.5. The molecule has 0 saturated heterocycles. The molecule has 0 aliphatic carbocycles. The lowest BCUT2D eigenvalue weighted by atomic mass is 10.2. The van der Waals surface area contributed by atoms with Gasteiger partial charge in [-0.15, -0.1) is 0 Å². The van der Waals surface area contributed by atoms with Crippen LogP contribution in [0.1, 0.15) is 11.1 Å². The second-order valence-corrected chi connectivity index (χ2v) is 4.41. The Labute approximate surface area is 106 Å². The van der Waals surface area contributed by atoms with E-state index in [9.17, 15) is 0 Å². The molecule has 3 nitrogen and oxygen atoms in total. The molecule has 0 atom stereocenters. The molecule has 0 aliphatic rings. The van der Waals surface area contributed by atoms with E-state index in [-0.39, 0.29) is 0 Å². The summed E-state index contributed by atoms with van der Waals surface area (Å²) in [5.74, 6) is 0.631. The fourth-order valence-corrected chi connectivity index (χ4v) is 1.87. The van der Waals surface area contributed by atoms with Crippen molar-refractivity contribution in [3.8, 4) is 0 Å². The van der Waals surface area contributed by atoms with Crippen LogP contribution in [0, 0.1) is 13.8 Å². The third kappa shape index (κ3) is 2.50. The van der Waals surface area contributed by atoms with Crippen molar-refractivity contribution in [1.29, 1.82) is 0 Å². The molecule has 3 N–H and O–H groups in total. The van der Waals surface area contributed by atoms with Crippen LogP contribution >= 0.6 is 11.6 Å². The minimum absolute atomic E-state index is 0.615. The van der Waals surface area contributed by atoms with E-state index in [4.69, 9.17) is 17.3 Å². The first-order valence-electron chi connectivity index (χ1n) is 5.32. The van der Waals surface area contributed by atoms with Crippen molar-refractivity contribution < 1.29 is 0 Å². The largest absolute Gasteiger partial charge is 0.396 e. The van der Waals surface area contributed by atoms with Crippen LogP contribution < -0.4 is 11.1 Å². The van der Waals surface area contributed by atoms with Gasteiger partial charge in [-0.3, -0.25) is 0 Å². The Kier molecular flexibility index (Phi) is 3.20. The van der Waals surface area contributed by atoms with Gasteiger partial charge in [-0.1, -0.05) is 23.7 Å². The molecule has 4 heteroatoms. The predicted octanol–water partition coefficient (Wildman–Crippen LogP) is 3.68. The number of benzene rings is 1. The summed E-state index contributed by atoms with van der Waals surface area (Å²) in [5.41, 5.74) is 9.45. The van der Waals surface area contributed by atoms with Gasteiger partial charge in [0.25, 0.3) is 0 Å². The van der Waals surface area contributed by atoms with Crippen LogP contribution in [0.3, 0.4) is 0 Å². The Bertz CT molecular complexity index is 532. The van der Waals surface area contributed by atoms with Crippen molar-refractivity contribution in [2.75, 3.05) is 11.1 Å². The quantitative estimate of drug-likeness (QED) is 0.851. The van der Waals surface area contributed by atoms with Crippen molar-refractivity contribution in [3.63, 3.8) is 0 Å². The van der Waals surface area contributed by atoms with E-state index in [1.165, 1.54) is 0 Å². The molecular formula is C13H14ClN3. The molecule has 1 aromatic heterocycles. The fraction of sp³-hybridized carbons (Fsp3) is 0.154. The normalized spacial score (nSPS) is 10.3. The third-order valence-corrected chi connectivity index (χ3v) is 2.83. The molecular weight excluding hydrogens is 234 g/mol. The minimum Gasteiger partial charge on any atom is -0.396 e. The number of para-hydroxylation sites is 1. The van der Waals surface area contributed by atoms with Gasteiger partial charge in [0, 0.05) is 6.20 Å². The Hall–Kier alpha value is -1.74. The predicted molar refractivity (Wildman–Crippen MR) is 72.9 cm³/mol. The van der Waals surface area contributed by atoms with E-state index in [1.807, 2.05) is 38.1 Å². The lowest BCUT2D eigenvalue weighted by Gasteiger charge is -2.12. The average molecular weight is 248 g/mol. The van der Waals surface area contributed by atoms with Crippen LogP contribution in [0.4, 0.5) is 17.2 Å². The van der Waals surface area contributed by atoms with E-state index < -0.39 is 0 Å². The van der Waals surface area contributed by atoms with Crippen LogP contribution in [-0.4, -0.2) is 4.98 Å². The summed E-state index contributed by atoms with van der Waals surface area (Å²) in [7, 11) is 0. The Morgan fingerprint density at radius 2 is 2.06 bits per heavy atom. The second kappa shape index (κ2) is 4.63. The molecule has 2 aromatic rings. The maximum atomic E-state index is 6.13. The van der Waals surface area contributed by atoms with E-state index in [2.05, 4.69) is 10.3 Å². The fourth-order valence-electron chi connectivity index (χ4n) is 1.60. The van der Waals surface area contributed by atoms with E-state index >= 15 is 0 Å². The number of nitrogens with one attached hydrogen (secondary N) is 1. The number of nitrogen functional groups attached to an aromatic ring is 1. The molecule has 0 radical (unpaired) electrons. The van der Waals surface area contributed by atoms with Gasteiger partial charge in [0.1, 0.15) is 0 Å². The molecule has 0 saturated carbocycles. The summed E-state index contributed by atoms with van der Waals surface area (Å²) in [4.78, 5) is 4.26. The number of rotatable bonds is 2. The first-order chi connectivity index (χ1) is 8.08. The maximum Gasteiger partial charge on any atom is 0.153 e. The van der Waals surface area contributed by atoms with Gasteiger partial charge >= 0.3 is 0 Å². The van der Waals surface area contributed by atoms with Crippen LogP contribution in [0.25, 0.3) is 0 Å². The minimum atomic E-state index is 0.615. The Balaban J connectivity index is 2.38. The molecule has 0 spiro atoms. The molecule has 2 rings (SSSR count). The van der Waals surface area contributed by atoms with E-state index in [1.54, 1.807) is 6.20 Å². The highest BCUT2D eigenvalue weighted by Crippen LogP contribution is 2.30. The van der Waals surface area contributed by atoms with Crippen molar-refractivity contribution in [3.05, 3.63) is 46.6 Å². The van der Waals surface area contributed by atoms with Crippen molar-refractivity contribution in [1.82, 2.24) is 4.98 Å². The second-order valence-electron chi connectivity index (χ2n) is 4.01. The van der Waals surface area contributed by atoms with Gasteiger partial charge in [-0.25, -0.2) is 4.98 Å². The molecule has 1 heterocycles. The molecule has 0 fully saturated rings. The highest BCUT2D eigenvalue weighted by atomic mass is 35.5. The van der Waals surface area contributed by atoms with Gasteiger partial charge in [-0.2, -0.15) is 0 Å². The summed E-state index contributed by atoms with van der Waals surface area (Å²) >= 11 is 6.13. The van der Waals surface area contributed by atoms with Crippen molar-refractivity contribution >= 4 is 28.8 Å². The number of hydrogen-bond acceptors (Lipinski definition) is 3. The van der Waals surface area contributed by atoms with Gasteiger partial charge < -0.3 is 11.1 Å². The summed E-state index contributed by atoms with van der Waals surface area (Å²) in [6.45, 7) is 3.94. The van der Waals surface area contributed by atoms with Crippen molar-refractivity contribution in [2.45, 2.75) is 13.8 Å². The molecule has 0 amide bonds. The summed E-state index contributed by atoms with van der Waals surface area (Å²) in [6.07, 6.45) is 1.77. The number of anilines is 3. The average Bonchev–Trinajstić information content (AvgIpc) is 2.26. The maximum absolute atomic E-state index is 6.13. The number of aromatic nitrogens is 1. The lowest BCUT2D eigenvalue weighted by molar-refractivity contribution is 1.26. The standard InChI is InChI=1S/C13H14ClN3/c1-8-6-11(15)13(16-7-8)17-12-9(2)4-3-5-10(12)14/h3-7H,15H2,1-2H3,(H,16,17). The highest BCUT2D eigenvalue weighted by molar-refractivity contribution is 6.33. The third-order valence-electron chi connectivity index (χ3n) is 2.52. The van der Waals surface area contributed by atoms with Crippen molar-refractivity contribution in [2.24, 2.45) is 0 Å². The first kappa shape index (κ1) is 11.7. The van der Waals surface area contributed by atoms with Crippen LogP contribution in [-0.2, 0) is 0 Å². The smallest absolute Gasteiger partial charge is 0.153 e. The zero-order chi connectivity index (χ0) is 12.4. The van der Waals surface area contributed by atoms with E-state index in [0.29, 0.717) is 16.5 Å². The molecule has 0 unspecified atom stereocenters. The topological polar surface area (TPSA) is 50.9 Å². The van der Waals surface area contributed by atoms with Crippen LogP contribution in [0.5, 0.6) is 0 Å². The zero-order valence-electron chi connectivity index (χ0n) is 9.79. The number of halogens is 1. The molecule has 17 heavy (non-hydrogen) atoms. The summed E-state index contributed by atoms with van der Waals surface area (Å²) < 4.78 is 0. The molecule has 88 valence electrons.